The number of aromatic nitrogens is 3. The Morgan fingerprint density at radius 3 is 2.63 bits per heavy atom. The summed E-state index contributed by atoms with van der Waals surface area (Å²) in [7, 11) is -1.46. The van der Waals surface area contributed by atoms with Gasteiger partial charge < -0.3 is 14.0 Å². The zero-order valence-electron chi connectivity index (χ0n) is 15.1. The van der Waals surface area contributed by atoms with Gasteiger partial charge >= 0.3 is 5.97 Å². The van der Waals surface area contributed by atoms with E-state index in [9.17, 15) is 13.2 Å². The summed E-state index contributed by atoms with van der Waals surface area (Å²) in [6.45, 7) is 2.62. The van der Waals surface area contributed by atoms with E-state index in [1.807, 2.05) is 35.8 Å². The Morgan fingerprint density at radius 2 is 2.04 bits per heavy atom. The number of carbonyl (C=O) groups excluding carboxylic acids is 1. The maximum absolute atomic E-state index is 12.0. The first kappa shape index (κ1) is 19.7. The van der Waals surface area contributed by atoms with Crippen LogP contribution in [-0.4, -0.2) is 59.6 Å². The Morgan fingerprint density at radius 1 is 1.30 bits per heavy atom. The topological polar surface area (TPSA) is 100 Å². The fourth-order valence-electron chi connectivity index (χ4n) is 2.83. The molecule has 0 unspecified atom stereocenters. The smallest absolute Gasteiger partial charge is 0.316 e. The highest BCUT2D eigenvalue weighted by atomic mass is 32.2. The summed E-state index contributed by atoms with van der Waals surface area (Å²) >= 11 is 1.23. The lowest BCUT2D eigenvalue weighted by Gasteiger charge is -2.10. The number of methoxy groups -OCH3 is 1. The van der Waals surface area contributed by atoms with Gasteiger partial charge in [-0.2, -0.15) is 0 Å². The molecular weight excluding hydrogens is 390 g/mol. The number of ether oxygens (including phenoxy) is 2. The van der Waals surface area contributed by atoms with Gasteiger partial charge in [-0.15, -0.1) is 10.2 Å². The van der Waals surface area contributed by atoms with Crippen molar-refractivity contribution in [2.75, 3.05) is 24.4 Å². The van der Waals surface area contributed by atoms with Crippen LogP contribution in [0.5, 0.6) is 5.75 Å². The molecule has 27 heavy (non-hydrogen) atoms. The summed E-state index contributed by atoms with van der Waals surface area (Å²) in [6, 6.07) is 7.50. The Bertz CT molecular complexity index is 909. The highest BCUT2D eigenvalue weighted by molar-refractivity contribution is 7.99. The van der Waals surface area contributed by atoms with E-state index in [1.165, 1.54) is 11.8 Å². The monoisotopic (exact) mass is 411 g/mol. The van der Waals surface area contributed by atoms with Crippen molar-refractivity contribution >= 4 is 27.6 Å². The molecule has 1 aromatic carbocycles. The molecule has 0 radical (unpaired) electrons. The van der Waals surface area contributed by atoms with Gasteiger partial charge in [-0.05, 0) is 37.6 Å². The largest absolute Gasteiger partial charge is 0.497 e. The molecule has 2 aromatic rings. The number of nitrogens with zero attached hydrogens (tertiary/aromatic N) is 3. The van der Waals surface area contributed by atoms with Gasteiger partial charge in [0.05, 0.1) is 24.4 Å². The summed E-state index contributed by atoms with van der Waals surface area (Å²) < 4.78 is 35.2. The van der Waals surface area contributed by atoms with Crippen LogP contribution < -0.4 is 4.74 Å². The molecule has 0 aliphatic carbocycles. The second-order valence-corrected chi connectivity index (χ2v) is 9.25. The average molecular weight is 412 g/mol. The number of esters is 1. The molecule has 10 heteroatoms. The van der Waals surface area contributed by atoms with E-state index in [1.54, 1.807) is 7.11 Å². The van der Waals surface area contributed by atoms with Crippen molar-refractivity contribution in [1.82, 2.24) is 14.8 Å². The summed E-state index contributed by atoms with van der Waals surface area (Å²) in [6.07, 6.45) is -0.173. The van der Waals surface area contributed by atoms with Crippen molar-refractivity contribution in [1.29, 1.82) is 0 Å². The van der Waals surface area contributed by atoms with Gasteiger partial charge in [-0.25, -0.2) is 8.42 Å². The number of hydrogen-bond acceptors (Lipinski definition) is 8. The minimum atomic E-state index is -3.07. The SMILES string of the molecule is CCn1c(SCC(=O)O[C@@H]2CCS(=O)(=O)C2)nnc1-c1ccc(OC)cc1. The Hall–Kier alpha value is -2.07. The first-order valence-electron chi connectivity index (χ1n) is 8.52. The van der Waals surface area contributed by atoms with E-state index in [0.29, 0.717) is 23.9 Å². The van der Waals surface area contributed by atoms with Crippen molar-refractivity contribution in [3.05, 3.63) is 24.3 Å². The maximum Gasteiger partial charge on any atom is 0.316 e. The normalized spacial score (nSPS) is 18.4. The molecule has 0 bridgehead atoms. The number of sulfone groups is 1. The van der Waals surface area contributed by atoms with Crippen molar-refractivity contribution in [2.24, 2.45) is 0 Å². The van der Waals surface area contributed by atoms with Crippen molar-refractivity contribution in [3.8, 4) is 17.1 Å². The van der Waals surface area contributed by atoms with Crippen LogP contribution in [0.3, 0.4) is 0 Å². The molecule has 146 valence electrons. The second kappa shape index (κ2) is 8.30. The molecule has 0 N–H and O–H groups in total. The van der Waals surface area contributed by atoms with Crippen LogP contribution in [0, 0.1) is 0 Å². The van der Waals surface area contributed by atoms with E-state index in [2.05, 4.69) is 10.2 Å². The molecule has 1 aliphatic rings. The third-order valence-electron chi connectivity index (χ3n) is 4.19. The van der Waals surface area contributed by atoms with E-state index < -0.39 is 21.9 Å². The summed E-state index contributed by atoms with van der Waals surface area (Å²) in [5.41, 5.74) is 0.899. The Balaban J connectivity index is 1.63. The molecule has 1 aromatic heterocycles. The molecule has 1 aliphatic heterocycles. The second-order valence-electron chi connectivity index (χ2n) is 6.08. The third-order valence-corrected chi connectivity index (χ3v) is 6.87. The van der Waals surface area contributed by atoms with E-state index in [-0.39, 0.29) is 17.3 Å². The highest BCUT2D eigenvalue weighted by Crippen LogP contribution is 2.26. The first-order valence-corrected chi connectivity index (χ1v) is 11.3. The van der Waals surface area contributed by atoms with Gasteiger partial charge in [0.1, 0.15) is 11.9 Å². The summed E-state index contributed by atoms with van der Waals surface area (Å²) in [4.78, 5) is 12.0. The minimum absolute atomic E-state index is 0.0529. The van der Waals surface area contributed by atoms with Gasteiger partial charge in [0.2, 0.25) is 0 Å². The molecule has 0 saturated carbocycles. The average Bonchev–Trinajstić information content (AvgIpc) is 3.22. The van der Waals surface area contributed by atoms with Gasteiger partial charge in [-0.1, -0.05) is 11.8 Å². The van der Waals surface area contributed by atoms with Crippen LogP contribution >= 0.6 is 11.8 Å². The van der Waals surface area contributed by atoms with Gasteiger partial charge in [0.25, 0.3) is 0 Å². The highest BCUT2D eigenvalue weighted by Gasteiger charge is 2.30. The number of rotatable bonds is 7. The molecule has 8 nitrogen and oxygen atoms in total. The number of thioether (sulfide) groups is 1. The van der Waals surface area contributed by atoms with Gasteiger partial charge in [0.15, 0.2) is 20.8 Å². The van der Waals surface area contributed by atoms with Crippen LogP contribution in [0.2, 0.25) is 0 Å². The van der Waals surface area contributed by atoms with Crippen LogP contribution in [0.4, 0.5) is 0 Å². The van der Waals surface area contributed by atoms with E-state index in [4.69, 9.17) is 9.47 Å². The summed E-state index contributed by atoms with van der Waals surface area (Å²) in [5.74, 6) is 1.06. The number of hydrogen-bond donors (Lipinski definition) is 0. The lowest BCUT2D eigenvalue weighted by Crippen LogP contribution is -2.20. The fourth-order valence-corrected chi connectivity index (χ4v) is 5.21. The predicted molar refractivity (Wildman–Crippen MR) is 102 cm³/mol. The van der Waals surface area contributed by atoms with Crippen molar-refractivity contribution < 1.29 is 22.7 Å². The zero-order chi connectivity index (χ0) is 19.4. The van der Waals surface area contributed by atoms with E-state index >= 15 is 0 Å². The first-order chi connectivity index (χ1) is 12.9. The zero-order valence-corrected chi connectivity index (χ0v) is 16.8. The van der Waals surface area contributed by atoms with Crippen LogP contribution in [-0.2, 0) is 25.9 Å². The fraction of sp³-hybridized carbons (Fsp3) is 0.471. The lowest BCUT2D eigenvalue weighted by atomic mass is 10.2. The molecule has 1 atom stereocenters. The molecule has 3 rings (SSSR count). The molecule has 1 saturated heterocycles. The van der Waals surface area contributed by atoms with Crippen molar-refractivity contribution in [3.63, 3.8) is 0 Å². The molecule has 0 amide bonds. The van der Waals surface area contributed by atoms with E-state index in [0.717, 1.165) is 11.3 Å². The van der Waals surface area contributed by atoms with Gasteiger partial charge in [0, 0.05) is 12.1 Å². The molecule has 1 fully saturated rings. The maximum atomic E-state index is 12.0. The van der Waals surface area contributed by atoms with Gasteiger partial charge in [-0.3, -0.25) is 4.79 Å². The Kier molecular flexibility index (Phi) is 6.05. The lowest BCUT2D eigenvalue weighted by molar-refractivity contribution is -0.144. The third kappa shape index (κ3) is 4.81. The predicted octanol–water partition coefficient (Wildman–Crippen LogP) is 1.80. The minimum Gasteiger partial charge on any atom is -0.497 e. The molecular formula is C17H21N3O5S2. The summed E-state index contributed by atoms with van der Waals surface area (Å²) in [5, 5.41) is 9.02. The quantitative estimate of drug-likeness (QED) is 0.502. The number of benzene rings is 1. The Labute approximate surface area is 162 Å². The van der Waals surface area contributed by atoms with Crippen LogP contribution in [0.25, 0.3) is 11.4 Å². The van der Waals surface area contributed by atoms with Crippen molar-refractivity contribution in [2.45, 2.75) is 31.1 Å². The molecule has 0 spiro atoms. The molecule has 2 heterocycles. The van der Waals surface area contributed by atoms with Crippen LogP contribution in [0.1, 0.15) is 13.3 Å². The number of carbonyl (C=O) groups is 1. The van der Waals surface area contributed by atoms with Crippen LogP contribution in [0.15, 0.2) is 29.4 Å². The standard InChI is InChI=1S/C17H21N3O5S2/c1-3-20-16(12-4-6-13(24-2)7-5-12)18-19-17(20)26-10-15(21)25-14-8-9-27(22,23)11-14/h4-7,14H,3,8-11H2,1-2H3/t14-/m1/s1.